The molecular formula is C17H17BrN4O. The molecular weight excluding hydrogens is 356 g/mol. The first kappa shape index (κ1) is 15.7. The summed E-state index contributed by atoms with van der Waals surface area (Å²) in [6, 6.07) is 9.91. The number of halogens is 1. The van der Waals surface area contributed by atoms with E-state index in [2.05, 4.69) is 31.3 Å². The number of nitrogens with one attached hydrogen (secondary N) is 1. The molecule has 0 atom stereocenters. The molecule has 6 heteroatoms. The molecule has 3 aromatic rings. The van der Waals surface area contributed by atoms with Gasteiger partial charge in [0.05, 0.1) is 17.6 Å². The van der Waals surface area contributed by atoms with Gasteiger partial charge in [-0.1, -0.05) is 28.1 Å². The van der Waals surface area contributed by atoms with Crippen LogP contribution in [0.25, 0.3) is 11.0 Å². The smallest absolute Gasteiger partial charge is 0.224 e. The van der Waals surface area contributed by atoms with Gasteiger partial charge < -0.3 is 5.32 Å². The molecule has 0 unspecified atom stereocenters. The Morgan fingerprint density at radius 1 is 1.35 bits per heavy atom. The molecule has 3 rings (SSSR count). The van der Waals surface area contributed by atoms with Crippen molar-refractivity contribution >= 4 is 38.6 Å². The quantitative estimate of drug-likeness (QED) is 0.760. The summed E-state index contributed by atoms with van der Waals surface area (Å²) in [4.78, 5) is 16.5. The maximum absolute atomic E-state index is 12.1. The Hall–Kier alpha value is -2.21. The van der Waals surface area contributed by atoms with Crippen LogP contribution < -0.4 is 5.32 Å². The van der Waals surface area contributed by atoms with E-state index in [9.17, 15) is 4.79 Å². The lowest BCUT2D eigenvalue weighted by molar-refractivity contribution is -0.116. The zero-order valence-corrected chi connectivity index (χ0v) is 14.6. The average molecular weight is 373 g/mol. The van der Waals surface area contributed by atoms with E-state index < -0.39 is 0 Å². The zero-order chi connectivity index (χ0) is 16.4. The molecule has 0 aliphatic carbocycles. The maximum Gasteiger partial charge on any atom is 0.224 e. The monoisotopic (exact) mass is 372 g/mol. The van der Waals surface area contributed by atoms with E-state index in [-0.39, 0.29) is 5.91 Å². The molecule has 23 heavy (non-hydrogen) atoms. The van der Waals surface area contributed by atoms with Crippen LogP contribution in [0.3, 0.4) is 0 Å². The summed E-state index contributed by atoms with van der Waals surface area (Å²) in [5.41, 5.74) is 3.55. The minimum Gasteiger partial charge on any atom is -0.325 e. The van der Waals surface area contributed by atoms with Gasteiger partial charge in [0.25, 0.3) is 0 Å². The highest BCUT2D eigenvalue weighted by Gasteiger charge is 2.09. The number of nitrogens with zero attached hydrogens (tertiary/aromatic N) is 3. The van der Waals surface area contributed by atoms with Gasteiger partial charge in [-0.2, -0.15) is 5.10 Å². The van der Waals surface area contributed by atoms with Crippen molar-refractivity contribution in [2.45, 2.75) is 19.8 Å². The van der Waals surface area contributed by atoms with Gasteiger partial charge >= 0.3 is 0 Å². The Kier molecular flexibility index (Phi) is 4.43. The summed E-state index contributed by atoms with van der Waals surface area (Å²) in [5.74, 6) is -0.0207. The van der Waals surface area contributed by atoms with Crippen LogP contribution >= 0.6 is 15.9 Å². The van der Waals surface area contributed by atoms with Crippen LogP contribution in [0.4, 0.5) is 5.69 Å². The SMILES string of the molecule is Cc1nn(C)c2ncc(NC(=O)CCc3cccc(Br)c3)cc12. The lowest BCUT2D eigenvalue weighted by Gasteiger charge is -2.06. The number of anilines is 1. The van der Waals surface area contributed by atoms with Gasteiger partial charge in [-0.05, 0) is 37.1 Å². The van der Waals surface area contributed by atoms with Gasteiger partial charge in [0.15, 0.2) is 5.65 Å². The molecule has 118 valence electrons. The number of benzene rings is 1. The van der Waals surface area contributed by atoms with E-state index in [1.54, 1.807) is 10.9 Å². The third-order valence-corrected chi connectivity index (χ3v) is 4.17. The third kappa shape index (κ3) is 3.59. The lowest BCUT2D eigenvalue weighted by Crippen LogP contribution is -2.12. The van der Waals surface area contributed by atoms with E-state index in [4.69, 9.17) is 0 Å². The van der Waals surface area contributed by atoms with E-state index in [1.165, 1.54) is 0 Å². The van der Waals surface area contributed by atoms with Crippen molar-refractivity contribution in [2.75, 3.05) is 5.32 Å². The van der Waals surface area contributed by atoms with Gasteiger partial charge in [0.2, 0.25) is 5.91 Å². The van der Waals surface area contributed by atoms with Crippen LogP contribution in [0.5, 0.6) is 0 Å². The lowest BCUT2D eigenvalue weighted by atomic mass is 10.1. The Morgan fingerprint density at radius 3 is 2.96 bits per heavy atom. The molecule has 1 amide bonds. The fourth-order valence-electron chi connectivity index (χ4n) is 2.55. The van der Waals surface area contributed by atoms with Crippen LogP contribution in [0, 0.1) is 6.92 Å². The van der Waals surface area contributed by atoms with Crippen molar-refractivity contribution in [3.8, 4) is 0 Å². The molecule has 2 heterocycles. The molecule has 5 nitrogen and oxygen atoms in total. The highest BCUT2D eigenvalue weighted by molar-refractivity contribution is 9.10. The molecule has 0 fully saturated rings. The molecule has 0 saturated heterocycles. The largest absolute Gasteiger partial charge is 0.325 e. The summed E-state index contributed by atoms with van der Waals surface area (Å²) in [6.07, 6.45) is 2.80. The summed E-state index contributed by atoms with van der Waals surface area (Å²) >= 11 is 3.44. The second-order valence-electron chi connectivity index (χ2n) is 5.48. The Balaban J connectivity index is 1.67. The first-order valence-electron chi connectivity index (χ1n) is 7.36. The van der Waals surface area contributed by atoms with Crippen LogP contribution in [0.1, 0.15) is 17.7 Å². The van der Waals surface area contributed by atoms with Gasteiger partial charge in [-0.3, -0.25) is 9.48 Å². The van der Waals surface area contributed by atoms with Gasteiger partial charge in [-0.15, -0.1) is 0 Å². The van der Waals surface area contributed by atoms with Crippen LogP contribution in [0.15, 0.2) is 41.0 Å². The van der Waals surface area contributed by atoms with Crippen molar-refractivity contribution < 1.29 is 4.79 Å². The summed E-state index contributed by atoms with van der Waals surface area (Å²) in [7, 11) is 1.86. The number of amides is 1. The normalized spacial score (nSPS) is 10.9. The highest BCUT2D eigenvalue weighted by atomic mass is 79.9. The number of fused-ring (bicyclic) bond motifs is 1. The summed E-state index contributed by atoms with van der Waals surface area (Å²) in [6.45, 7) is 1.93. The number of aromatic nitrogens is 3. The molecule has 0 radical (unpaired) electrons. The molecule has 0 bridgehead atoms. The number of hydrogen-bond acceptors (Lipinski definition) is 3. The number of aryl methyl sites for hydroxylation is 3. The molecule has 1 N–H and O–H groups in total. The Labute approximate surface area is 142 Å². The van der Waals surface area contributed by atoms with E-state index >= 15 is 0 Å². The van der Waals surface area contributed by atoms with Crippen molar-refractivity contribution in [3.63, 3.8) is 0 Å². The van der Waals surface area contributed by atoms with E-state index in [0.717, 1.165) is 26.8 Å². The van der Waals surface area contributed by atoms with Crippen LogP contribution in [0.2, 0.25) is 0 Å². The van der Waals surface area contributed by atoms with Crippen molar-refractivity contribution in [2.24, 2.45) is 7.05 Å². The average Bonchev–Trinajstić information content (AvgIpc) is 2.80. The van der Waals surface area contributed by atoms with Crippen LogP contribution in [-0.2, 0) is 18.3 Å². The van der Waals surface area contributed by atoms with Gasteiger partial charge in [0.1, 0.15) is 0 Å². The molecule has 1 aromatic carbocycles. The molecule has 2 aromatic heterocycles. The van der Waals surface area contributed by atoms with Crippen molar-refractivity contribution in [1.82, 2.24) is 14.8 Å². The van der Waals surface area contributed by atoms with Gasteiger partial charge in [0, 0.05) is 23.3 Å². The minimum atomic E-state index is -0.0207. The number of hydrogen-bond donors (Lipinski definition) is 1. The van der Waals surface area contributed by atoms with Gasteiger partial charge in [-0.25, -0.2) is 4.98 Å². The fraction of sp³-hybridized carbons (Fsp3) is 0.235. The Morgan fingerprint density at radius 2 is 2.17 bits per heavy atom. The number of pyridine rings is 1. The van der Waals surface area contributed by atoms with Crippen molar-refractivity contribution in [1.29, 1.82) is 0 Å². The topological polar surface area (TPSA) is 59.8 Å². The molecule has 0 spiro atoms. The second-order valence-corrected chi connectivity index (χ2v) is 6.40. The highest BCUT2D eigenvalue weighted by Crippen LogP contribution is 2.19. The predicted octanol–water partition coefficient (Wildman–Crippen LogP) is 3.61. The second kappa shape index (κ2) is 6.50. The number of carbonyl (C=O) groups is 1. The zero-order valence-electron chi connectivity index (χ0n) is 13.0. The fourth-order valence-corrected chi connectivity index (χ4v) is 3.00. The van der Waals surface area contributed by atoms with Crippen LogP contribution in [-0.4, -0.2) is 20.7 Å². The molecule has 0 aliphatic rings. The maximum atomic E-state index is 12.1. The number of rotatable bonds is 4. The standard InChI is InChI=1S/C17H17BrN4O/c1-11-15-9-14(10-19-17(15)22(2)21-11)20-16(23)7-6-12-4-3-5-13(18)8-12/h3-5,8-10H,6-7H2,1-2H3,(H,20,23). The first-order valence-corrected chi connectivity index (χ1v) is 8.16. The van der Waals surface area contributed by atoms with E-state index in [0.29, 0.717) is 18.5 Å². The molecule has 0 aliphatic heterocycles. The third-order valence-electron chi connectivity index (χ3n) is 3.68. The summed E-state index contributed by atoms with van der Waals surface area (Å²) in [5, 5.41) is 8.19. The predicted molar refractivity (Wildman–Crippen MR) is 94.3 cm³/mol. The van der Waals surface area contributed by atoms with E-state index in [1.807, 2.05) is 44.3 Å². The Bertz CT molecular complexity index is 872. The minimum absolute atomic E-state index is 0.0207. The first-order chi connectivity index (χ1) is 11.0. The van der Waals surface area contributed by atoms with Crippen molar-refractivity contribution in [3.05, 3.63) is 52.3 Å². The number of carbonyl (C=O) groups excluding carboxylic acids is 1. The molecule has 0 saturated carbocycles. The summed E-state index contributed by atoms with van der Waals surface area (Å²) < 4.78 is 2.76.